The van der Waals surface area contributed by atoms with Gasteiger partial charge in [-0.25, -0.2) is 13.5 Å². The summed E-state index contributed by atoms with van der Waals surface area (Å²) in [5.74, 6) is -1.78. The molecule has 1 aromatic heterocycles. The molecule has 1 unspecified atom stereocenters. The maximum Gasteiger partial charge on any atom is 0.163 e. The predicted octanol–water partition coefficient (Wildman–Crippen LogP) is 1.66. The van der Waals surface area contributed by atoms with Gasteiger partial charge < -0.3 is 5.11 Å². The summed E-state index contributed by atoms with van der Waals surface area (Å²) in [6.45, 7) is 1.63. The normalized spacial score (nSPS) is 12.7. The van der Waals surface area contributed by atoms with Gasteiger partial charge in [0.15, 0.2) is 11.6 Å². The lowest BCUT2D eigenvalue weighted by atomic mass is 10.2. The van der Waals surface area contributed by atoms with Gasteiger partial charge in [0, 0.05) is 5.56 Å². The third kappa shape index (κ3) is 2.47. The maximum atomic E-state index is 13.4. The lowest BCUT2D eigenvalue weighted by Gasteiger charge is -2.03. The highest BCUT2D eigenvalue weighted by Gasteiger charge is 2.10. The van der Waals surface area contributed by atoms with Crippen molar-refractivity contribution in [3.05, 3.63) is 47.3 Å². The summed E-state index contributed by atoms with van der Waals surface area (Å²) in [6, 6.07) is 3.96. The topological polar surface area (TPSA) is 50.9 Å². The Labute approximate surface area is 96.5 Å². The minimum absolute atomic E-state index is 0.0727. The van der Waals surface area contributed by atoms with Gasteiger partial charge in [0.05, 0.1) is 18.8 Å². The summed E-state index contributed by atoms with van der Waals surface area (Å²) in [6.07, 6.45) is 0.760. The van der Waals surface area contributed by atoms with Crippen molar-refractivity contribution in [3.8, 4) is 0 Å². The predicted molar refractivity (Wildman–Crippen MR) is 56.1 cm³/mol. The molecule has 0 aliphatic carbocycles. The molecule has 0 aliphatic rings. The maximum absolute atomic E-state index is 13.4. The van der Waals surface area contributed by atoms with Gasteiger partial charge in [0.2, 0.25) is 0 Å². The molecular formula is C11H11F2N3O. The molecule has 2 aromatic rings. The molecule has 6 heteroatoms. The van der Waals surface area contributed by atoms with Crippen LogP contribution >= 0.6 is 0 Å². The molecule has 1 N–H and O–H groups in total. The second kappa shape index (κ2) is 4.58. The summed E-state index contributed by atoms with van der Waals surface area (Å²) in [7, 11) is 0. The van der Waals surface area contributed by atoms with Gasteiger partial charge in [-0.15, -0.1) is 5.10 Å². The van der Waals surface area contributed by atoms with E-state index in [2.05, 4.69) is 10.3 Å². The van der Waals surface area contributed by atoms with Gasteiger partial charge in [-0.3, -0.25) is 0 Å². The number of nitrogens with zero attached hydrogens (tertiary/aromatic N) is 3. The smallest absolute Gasteiger partial charge is 0.163 e. The van der Waals surface area contributed by atoms with E-state index in [1.165, 1.54) is 23.0 Å². The molecule has 90 valence electrons. The monoisotopic (exact) mass is 239 g/mol. The van der Waals surface area contributed by atoms with Crippen molar-refractivity contribution in [2.45, 2.75) is 19.6 Å². The largest absolute Gasteiger partial charge is 0.387 e. The zero-order chi connectivity index (χ0) is 12.4. The number of hydrogen-bond donors (Lipinski definition) is 1. The van der Waals surface area contributed by atoms with E-state index in [1.54, 1.807) is 6.92 Å². The Hall–Kier alpha value is -1.82. The fraction of sp³-hybridized carbons (Fsp3) is 0.273. The molecule has 0 bridgehead atoms. The molecular weight excluding hydrogens is 228 g/mol. The minimum atomic E-state index is -0.890. The lowest BCUT2D eigenvalue weighted by molar-refractivity contribution is 0.194. The van der Waals surface area contributed by atoms with Gasteiger partial charge in [0.25, 0.3) is 0 Å². The molecule has 0 amide bonds. The molecule has 1 heterocycles. The first-order valence-electron chi connectivity index (χ1n) is 5.09. The molecule has 0 saturated heterocycles. The van der Waals surface area contributed by atoms with Gasteiger partial charge in [0.1, 0.15) is 5.69 Å². The van der Waals surface area contributed by atoms with Crippen LogP contribution in [-0.4, -0.2) is 20.1 Å². The Morgan fingerprint density at radius 1 is 1.41 bits per heavy atom. The van der Waals surface area contributed by atoms with Gasteiger partial charge in [-0.2, -0.15) is 0 Å². The number of halogens is 2. The zero-order valence-corrected chi connectivity index (χ0v) is 9.14. The Balaban J connectivity index is 2.22. The van der Waals surface area contributed by atoms with Crippen LogP contribution in [-0.2, 0) is 6.54 Å². The van der Waals surface area contributed by atoms with E-state index < -0.39 is 17.7 Å². The first-order valence-corrected chi connectivity index (χ1v) is 5.09. The summed E-state index contributed by atoms with van der Waals surface area (Å²) in [4.78, 5) is 0. The van der Waals surface area contributed by atoms with E-state index >= 15 is 0 Å². The number of hydrogen-bond acceptors (Lipinski definition) is 3. The van der Waals surface area contributed by atoms with E-state index in [0.717, 1.165) is 6.07 Å². The van der Waals surface area contributed by atoms with Crippen LogP contribution in [0.25, 0.3) is 0 Å². The Morgan fingerprint density at radius 3 is 2.82 bits per heavy atom. The number of benzene rings is 1. The highest BCUT2D eigenvalue weighted by Crippen LogP contribution is 2.13. The minimum Gasteiger partial charge on any atom is -0.387 e. The summed E-state index contributed by atoms with van der Waals surface area (Å²) in [5.41, 5.74) is 0.578. The quantitative estimate of drug-likeness (QED) is 0.886. The molecule has 17 heavy (non-hydrogen) atoms. The Morgan fingerprint density at radius 2 is 2.18 bits per heavy atom. The van der Waals surface area contributed by atoms with Crippen LogP contribution < -0.4 is 0 Å². The zero-order valence-electron chi connectivity index (χ0n) is 9.14. The van der Waals surface area contributed by atoms with Gasteiger partial charge in [-0.05, 0) is 13.0 Å². The first kappa shape index (κ1) is 11.7. The van der Waals surface area contributed by atoms with E-state index in [-0.39, 0.29) is 12.1 Å². The molecule has 2 rings (SSSR count). The molecule has 0 fully saturated rings. The van der Waals surface area contributed by atoms with Crippen molar-refractivity contribution in [3.63, 3.8) is 0 Å². The standard InChI is InChI=1S/C11H11F2N3O/c1-7(17)10-6-16(15-14-10)5-8-3-2-4-9(12)11(8)13/h2-4,6-7,17H,5H2,1H3. The van der Waals surface area contributed by atoms with E-state index in [9.17, 15) is 13.9 Å². The number of aromatic nitrogens is 3. The highest BCUT2D eigenvalue weighted by molar-refractivity contribution is 5.19. The second-order valence-electron chi connectivity index (χ2n) is 3.73. The Kier molecular flexibility index (Phi) is 3.14. The van der Waals surface area contributed by atoms with Crippen molar-refractivity contribution in [2.75, 3.05) is 0 Å². The van der Waals surface area contributed by atoms with Gasteiger partial charge in [-0.1, -0.05) is 17.3 Å². The Bertz CT molecular complexity index is 525. The molecule has 4 nitrogen and oxygen atoms in total. The third-order valence-corrected chi connectivity index (χ3v) is 2.35. The summed E-state index contributed by atoms with van der Waals surface area (Å²) >= 11 is 0. The SMILES string of the molecule is CC(O)c1cn(Cc2cccc(F)c2F)nn1. The van der Waals surface area contributed by atoms with Crippen LogP contribution in [0, 0.1) is 11.6 Å². The average Bonchev–Trinajstić information content (AvgIpc) is 2.73. The van der Waals surface area contributed by atoms with Crippen LogP contribution in [0.3, 0.4) is 0 Å². The van der Waals surface area contributed by atoms with E-state index in [4.69, 9.17) is 0 Å². The number of rotatable bonds is 3. The van der Waals surface area contributed by atoms with Crippen molar-refractivity contribution >= 4 is 0 Å². The average molecular weight is 239 g/mol. The fourth-order valence-electron chi connectivity index (χ4n) is 1.43. The van der Waals surface area contributed by atoms with Crippen LogP contribution in [0.1, 0.15) is 24.3 Å². The molecule has 1 aromatic carbocycles. The molecule has 0 saturated carbocycles. The lowest BCUT2D eigenvalue weighted by Crippen LogP contribution is -2.04. The van der Waals surface area contributed by atoms with Crippen LogP contribution in [0.15, 0.2) is 24.4 Å². The highest BCUT2D eigenvalue weighted by atomic mass is 19.2. The molecule has 1 atom stereocenters. The fourth-order valence-corrected chi connectivity index (χ4v) is 1.43. The van der Waals surface area contributed by atoms with Crippen molar-refractivity contribution < 1.29 is 13.9 Å². The number of aliphatic hydroxyl groups excluding tert-OH is 1. The summed E-state index contributed by atoms with van der Waals surface area (Å²) in [5, 5.41) is 16.7. The van der Waals surface area contributed by atoms with Crippen molar-refractivity contribution in [1.82, 2.24) is 15.0 Å². The van der Waals surface area contributed by atoms with Crippen LogP contribution in [0.4, 0.5) is 8.78 Å². The molecule has 0 aliphatic heterocycles. The first-order chi connectivity index (χ1) is 8.08. The van der Waals surface area contributed by atoms with Crippen molar-refractivity contribution in [1.29, 1.82) is 0 Å². The van der Waals surface area contributed by atoms with Gasteiger partial charge >= 0.3 is 0 Å². The van der Waals surface area contributed by atoms with Crippen LogP contribution in [0.2, 0.25) is 0 Å². The second-order valence-corrected chi connectivity index (χ2v) is 3.73. The summed E-state index contributed by atoms with van der Waals surface area (Å²) < 4.78 is 27.7. The van der Waals surface area contributed by atoms with E-state index in [0.29, 0.717) is 5.69 Å². The third-order valence-electron chi connectivity index (χ3n) is 2.35. The van der Waals surface area contributed by atoms with E-state index in [1.807, 2.05) is 0 Å². The molecule has 0 spiro atoms. The molecule has 0 radical (unpaired) electrons. The van der Waals surface area contributed by atoms with Crippen molar-refractivity contribution in [2.24, 2.45) is 0 Å². The number of aliphatic hydroxyl groups is 1. The van der Waals surface area contributed by atoms with Crippen LogP contribution in [0.5, 0.6) is 0 Å².